The third kappa shape index (κ3) is 4.04. The minimum absolute atomic E-state index is 0.315. The monoisotopic (exact) mass is 331 g/mol. The zero-order chi connectivity index (χ0) is 15.5. The Kier molecular flexibility index (Phi) is 5.79. The van der Waals surface area contributed by atoms with Gasteiger partial charge in [0.25, 0.3) is 10.0 Å². The molecule has 0 aromatic carbocycles. The molecule has 21 heavy (non-hydrogen) atoms. The molecule has 1 aliphatic heterocycles. The van der Waals surface area contributed by atoms with Gasteiger partial charge in [-0.15, -0.1) is 11.3 Å². The minimum Gasteiger partial charge on any atom is -0.312 e. The SMILES string of the molecule is CCNCc1ccc(S(=O)(=O)N2CCCC(N(C)C)C2)s1. The van der Waals surface area contributed by atoms with Gasteiger partial charge in [0.1, 0.15) is 4.21 Å². The van der Waals surface area contributed by atoms with Crippen LogP contribution in [0, 0.1) is 0 Å². The van der Waals surface area contributed by atoms with Gasteiger partial charge in [-0.25, -0.2) is 8.42 Å². The van der Waals surface area contributed by atoms with Gasteiger partial charge in [0.2, 0.25) is 0 Å². The van der Waals surface area contributed by atoms with Gasteiger partial charge >= 0.3 is 0 Å². The number of likely N-dealkylation sites (N-methyl/N-ethyl adjacent to an activating group) is 1. The van der Waals surface area contributed by atoms with Crippen molar-refractivity contribution in [3.8, 4) is 0 Å². The van der Waals surface area contributed by atoms with Gasteiger partial charge in [-0.2, -0.15) is 4.31 Å². The number of thiophene rings is 1. The summed E-state index contributed by atoms with van der Waals surface area (Å²) in [5.41, 5.74) is 0. The molecule has 1 fully saturated rings. The van der Waals surface area contributed by atoms with Crippen LogP contribution in [0.3, 0.4) is 0 Å². The molecule has 0 aliphatic carbocycles. The number of nitrogens with zero attached hydrogens (tertiary/aromatic N) is 2. The molecule has 2 heterocycles. The van der Waals surface area contributed by atoms with E-state index in [0.29, 0.717) is 23.3 Å². The van der Waals surface area contributed by atoms with Crippen LogP contribution >= 0.6 is 11.3 Å². The Balaban J connectivity index is 2.11. The fourth-order valence-electron chi connectivity index (χ4n) is 2.53. The summed E-state index contributed by atoms with van der Waals surface area (Å²) >= 11 is 1.38. The van der Waals surface area contributed by atoms with Crippen LogP contribution in [0.5, 0.6) is 0 Å². The Morgan fingerprint density at radius 3 is 2.86 bits per heavy atom. The molecular formula is C14H25N3O2S2. The predicted molar refractivity (Wildman–Crippen MR) is 87.2 cm³/mol. The molecule has 0 bridgehead atoms. The van der Waals surface area contributed by atoms with Crippen LogP contribution in [0.1, 0.15) is 24.6 Å². The first-order valence-corrected chi connectivity index (χ1v) is 9.66. The topological polar surface area (TPSA) is 52.7 Å². The van der Waals surface area contributed by atoms with E-state index in [-0.39, 0.29) is 0 Å². The summed E-state index contributed by atoms with van der Waals surface area (Å²) in [6, 6.07) is 3.97. The lowest BCUT2D eigenvalue weighted by atomic mass is 10.1. The molecule has 0 radical (unpaired) electrons. The number of sulfonamides is 1. The summed E-state index contributed by atoms with van der Waals surface area (Å²) in [5, 5.41) is 3.23. The third-order valence-corrected chi connectivity index (χ3v) is 7.29. The molecule has 1 aromatic heterocycles. The molecule has 0 amide bonds. The van der Waals surface area contributed by atoms with Crippen molar-refractivity contribution < 1.29 is 8.42 Å². The largest absolute Gasteiger partial charge is 0.312 e. The van der Waals surface area contributed by atoms with Gasteiger partial charge in [-0.05, 0) is 45.6 Å². The van der Waals surface area contributed by atoms with E-state index in [0.717, 1.165) is 30.8 Å². The van der Waals surface area contributed by atoms with E-state index in [9.17, 15) is 8.42 Å². The van der Waals surface area contributed by atoms with E-state index < -0.39 is 10.0 Å². The Hall–Kier alpha value is -0.470. The quantitative estimate of drug-likeness (QED) is 0.860. The Bertz CT molecular complexity index is 554. The van der Waals surface area contributed by atoms with E-state index in [4.69, 9.17) is 0 Å². The van der Waals surface area contributed by atoms with Crippen LogP contribution in [0.2, 0.25) is 0 Å². The first-order chi connectivity index (χ1) is 9.95. The second-order valence-electron chi connectivity index (χ2n) is 5.62. The van der Waals surface area contributed by atoms with Crippen molar-refractivity contribution in [2.24, 2.45) is 0 Å². The molecule has 5 nitrogen and oxygen atoms in total. The second kappa shape index (κ2) is 7.19. The molecule has 1 N–H and O–H groups in total. The first-order valence-electron chi connectivity index (χ1n) is 7.41. The Morgan fingerprint density at radius 1 is 1.43 bits per heavy atom. The normalized spacial score (nSPS) is 21.0. The van der Waals surface area contributed by atoms with Crippen molar-refractivity contribution in [2.45, 2.75) is 36.6 Å². The summed E-state index contributed by atoms with van der Waals surface area (Å²) < 4.78 is 27.6. The number of hydrogen-bond acceptors (Lipinski definition) is 5. The minimum atomic E-state index is -3.34. The van der Waals surface area contributed by atoms with Gasteiger partial charge in [0.15, 0.2) is 0 Å². The molecule has 120 valence electrons. The van der Waals surface area contributed by atoms with E-state index in [1.165, 1.54) is 11.3 Å². The molecule has 1 saturated heterocycles. The summed E-state index contributed by atoms with van der Waals surface area (Å²) in [6.07, 6.45) is 1.99. The fraction of sp³-hybridized carbons (Fsp3) is 0.714. The highest BCUT2D eigenvalue weighted by Crippen LogP contribution is 2.27. The van der Waals surface area contributed by atoms with E-state index in [2.05, 4.69) is 10.2 Å². The van der Waals surface area contributed by atoms with Crippen molar-refractivity contribution in [3.63, 3.8) is 0 Å². The zero-order valence-corrected chi connectivity index (χ0v) is 14.6. The first kappa shape index (κ1) is 16.9. The van der Waals surface area contributed by atoms with Crippen LogP contribution in [0.4, 0.5) is 0 Å². The highest BCUT2D eigenvalue weighted by atomic mass is 32.2. The smallest absolute Gasteiger partial charge is 0.252 e. The maximum Gasteiger partial charge on any atom is 0.252 e. The fourth-order valence-corrected chi connectivity index (χ4v) is 5.52. The molecule has 1 aliphatic rings. The van der Waals surface area contributed by atoms with Gasteiger partial charge in [-0.1, -0.05) is 6.92 Å². The van der Waals surface area contributed by atoms with Crippen molar-refractivity contribution >= 4 is 21.4 Å². The highest BCUT2D eigenvalue weighted by Gasteiger charge is 2.31. The third-order valence-electron chi connectivity index (χ3n) is 3.87. The van der Waals surface area contributed by atoms with Crippen LogP contribution in [0.25, 0.3) is 0 Å². The lowest BCUT2D eigenvalue weighted by molar-refractivity contribution is 0.190. The maximum atomic E-state index is 12.7. The Morgan fingerprint density at radius 2 is 2.19 bits per heavy atom. The number of rotatable bonds is 6. The molecule has 2 rings (SSSR count). The van der Waals surface area contributed by atoms with Gasteiger partial charge in [0, 0.05) is 30.6 Å². The predicted octanol–water partition coefficient (Wildman–Crippen LogP) is 1.57. The lowest BCUT2D eigenvalue weighted by Gasteiger charge is -2.35. The molecule has 1 unspecified atom stereocenters. The second-order valence-corrected chi connectivity index (χ2v) is 8.96. The zero-order valence-electron chi connectivity index (χ0n) is 13.0. The van der Waals surface area contributed by atoms with Gasteiger partial charge in [-0.3, -0.25) is 0 Å². The summed E-state index contributed by atoms with van der Waals surface area (Å²) in [4.78, 5) is 3.18. The van der Waals surface area contributed by atoms with Crippen molar-refractivity contribution in [1.82, 2.24) is 14.5 Å². The average molecular weight is 332 g/mol. The van der Waals surface area contributed by atoms with Crippen molar-refractivity contribution in [1.29, 1.82) is 0 Å². The molecule has 7 heteroatoms. The number of piperidine rings is 1. The average Bonchev–Trinajstić information content (AvgIpc) is 2.94. The number of nitrogens with one attached hydrogen (secondary N) is 1. The molecule has 1 aromatic rings. The van der Waals surface area contributed by atoms with Crippen LogP contribution in [-0.4, -0.2) is 57.4 Å². The summed E-state index contributed by atoms with van der Waals surface area (Å²) in [5.74, 6) is 0. The highest BCUT2D eigenvalue weighted by molar-refractivity contribution is 7.91. The van der Waals surface area contributed by atoms with Crippen molar-refractivity contribution in [3.05, 3.63) is 17.0 Å². The molecule has 0 spiro atoms. The van der Waals surface area contributed by atoms with Crippen molar-refractivity contribution in [2.75, 3.05) is 33.7 Å². The van der Waals surface area contributed by atoms with E-state index in [1.54, 1.807) is 10.4 Å². The van der Waals surface area contributed by atoms with E-state index >= 15 is 0 Å². The molecule has 1 atom stereocenters. The van der Waals surface area contributed by atoms with Crippen LogP contribution in [-0.2, 0) is 16.6 Å². The Labute approximate surface area is 132 Å². The standard InChI is InChI=1S/C14H25N3O2S2/c1-4-15-10-13-7-8-14(20-13)21(18,19)17-9-5-6-12(11-17)16(2)3/h7-8,12,15H,4-6,9-11H2,1-3H3. The van der Waals surface area contributed by atoms with Gasteiger partial charge in [0.05, 0.1) is 0 Å². The van der Waals surface area contributed by atoms with Crippen LogP contribution in [0.15, 0.2) is 16.3 Å². The molecule has 0 saturated carbocycles. The number of hydrogen-bond donors (Lipinski definition) is 1. The summed E-state index contributed by atoms with van der Waals surface area (Å²) in [6.45, 7) is 4.89. The maximum absolute atomic E-state index is 12.7. The van der Waals surface area contributed by atoms with Gasteiger partial charge < -0.3 is 10.2 Å². The molecular weight excluding hydrogens is 306 g/mol. The summed E-state index contributed by atoms with van der Waals surface area (Å²) in [7, 11) is 0.693. The van der Waals surface area contributed by atoms with E-state index in [1.807, 2.05) is 27.1 Å². The lowest BCUT2D eigenvalue weighted by Crippen LogP contribution is -2.47. The van der Waals surface area contributed by atoms with Crippen LogP contribution < -0.4 is 5.32 Å².